The molecule has 18 heavy (non-hydrogen) atoms. The molecule has 0 heterocycles. The van der Waals surface area contributed by atoms with E-state index >= 15 is 0 Å². The lowest BCUT2D eigenvalue weighted by atomic mass is 10.1. The zero-order chi connectivity index (χ0) is 13.7. The van der Waals surface area contributed by atoms with Gasteiger partial charge in [-0.2, -0.15) is 0 Å². The Morgan fingerprint density at radius 2 is 2.22 bits per heavy atom. The van der Waals surface area contributed by atoms with Gasteiger partial charge in [-0.15, -0.1) is 0 Å². The van der Waals surface area contributed by atoms with Crippen LogP contribution >= 0.6 is 11.6 Å². The van der Waals surface area contributed by atoms with E-state index in [1.165, 1.54) is 18.2 Å². The van der Waals surface area contributed by atoms with E-state index in [1.54, 1.807) is 0 Å². The quantitative estimate of drug-likeness (QED) is 0.660. The van der Waals surface area contributed by atoms with E-state index in [9.17, 15) is 14.9 Å². The second-order valence-electron chi connectivity index (χ2n) is 4.14. The molecule has 1 unspecified atom stereocenters. The molecule has 1 amide bonds. The molecule has 0 aliphatic rings. The van der Waals surface area contributed by atoms with Crippen molar-refractivity contribution in [2.24, 2.45) is 5.92 Å². The molecular weight excluding hydrogens is 256 g/mol. The summed E-state index contributed by atoms with van der Waals surface area (Å²) in [4.78, 5) is 21.8. The molecular formula is C12H15ClN2O3. The lowest BCUT2D eigenvalue weighted by Crippen LogP contribution is -2.28. The molecule has 0 aliphatic carbocycles. The third kappa shape index (κ3) is 3.70. The number of non-ortho nitro benzene ring substituents is 1. The molecule has 0 spiro atoms. The molecule has 1 rings (SSSR count). The molecule has 0 radical (unpaired) electrons. The van der Waals surface area contributed by atoms with Gasteiger partial charge in [-0.05, 0) is 12.0 Å². The van der Waals surface area contributed by atoms with Gasteiger partial charge in [-0.1, -0.05) is 31.9 Å². The molecule has 98 valence electrons. The number of nitro benzene ring substituents is 1. The predicted molar refractivity (Wildman–Crippen MR) is 69.9 cm³/mol. The fourth-order valence-corrected chi connectivity index (χ4v) is 1.57. The molecule has 0 bridgehead atoms. The Labute approximate surface area is 110 Å². The van der Waals surface area contributed by atoms with E-state index < -0.39 is 4.92 Å². The lowest BCUT2D eigenvalue weighted by Gasteiger charge is -2.10. The van der Waals surface area contributed by atoms with Crippen LogP contribution in [0.5, 0.6) is 0 Å². The first-order valence-corrected chi connectivity index (χ1v) is 6.05. The first kappa shape index (κ1) is 14.4. The fourth-order valence-electron chi connectivity index (χ4n) is 1.31. The fraction of sp³-hybridized carbons (Fsp3) is 0.417. The van der Waals surface area contributed by atoms with Gasteiger partial charge in [-0.25, -0.2) is 0 Å². The number of hydrogen-bond acceptors (Lipinski definition) is 3. The molecule has 1 aromatic rings. The highest BCUT2D eigenvalue weighted by atomic mass is 35.5. The summed E-state index contributed by atoms with van der Waals surface area (Å²) in [6, 6.07) is 3.82. The summed E-state index contributed by atoms with van der Waals surface area (Å²) in [5.41, 5.74) is 0.129. The van der Waals surface area contributed by atoms with Crippen molar-refractivity contribution in [1.29, 1.82) is 0 Å². The van der Waals surface area contributed by atoms with E-state index in [4.69, 9.17) is 11.6 Å². The number of carbonyl (C=O) groups excluding carboxylic acids is 1. The maximum Gasteiger partial charge on any atom is 0.270 e. The highest BCUT2D eigenvalue weighted by Gasteiger charge is 2.15. The second-order valence-corrected chi connectivity index (χ2v) is 4.55. The summed E-state index contributed by atoms with van der Waals surface area (Å²) >= 11 is 5.85. The van der Waals surface area contributed by atoms with Gasteiger partial charge in [0.2, 0.25) is 0 Å². The Morgan fingerprint density at radius 3 is 2.72 bits per heavy atom. The van der Waals surface area contributed by atoms with Gasteiger partial charge < -0.3 is 5.32 Å². The molecule has 0 aliphatic heterocycles. The average Bonchev–Trinajstić information content (AvgIpc) is 2.35. The summed E-state index contributed by atoms with van der Waals surface area (Å²) in [7, 11) is 0. The van der Waals surface area contributed by atoms with Crippen molar-refractivity contribution in [3.8, 4) is 0 Å². The predicted octanol–water partition coefficient (Wildman–Crippen LogP) is 3.02. The minimum atomic E-state index is -0.549. The number of benzene rings is 1. The number of rotatable bonds is 5. The maximum atomic E-state index is 11.8. The van der Waals surface area contributed by atoms with E-state index in [0.717, 1.165) is 6.42 Å². The monoisotopic (exact) mass is 270 g/mol. The SMILES string of the molecule is CCC(C)CNC(=O)c1ccc([N+](=O)[O-])cc1Cl. The summed E-state index contributed by atoms with van der Waals surface area (Å²) < 4.78 is 0. The summed E-state index contributed by atoms with van der Waals surface area (Å²) in [5.74, 6) is 0.0703. The Morgan fingerprint density at radius 1 is 1.56 bits per heavy atom. The minimum absolute atomic E-state index is 0.0888. The molecule has 0 aromatic heterocycles. The zero-order valence-electron chi connectivity index (χ0n) is 10.3. The second kappa shape index (κ2) is 6.35. The number of nitrogens with one attached hydrogen (secondary N) is 1. The van der Waals surface area contributed by atoms with Gasteiger partial charge in [0, 0.05) is 18.7 Å². The molecule has 0 saturated heterocycles. The number of amides is 1. The average molecular weight is 271 g/mol. The molecule has 5 nitrogen and oxygen atoms in total. The minimum Gasteiger partial charge on any atom is -0.352 e. The van der Waals surface area contributed by atoms with Crippen molar-refractivity contribution in [2.45, 2.75) is 20.3 Å². The standard InChI is InChI=1S/C12H15ClN2O3/c1-3-8(2)7-14-12(16)10-5-4-9(15(17)18)6-11(10)13/h4-6,8H,3,7H2,1-2H3,(H,14,16). The van der Waals surface area contributed by atoms with E-state index in [2.05, 4.69) is 5.32 Å². The third-order valence-electron chi connectivity index (χ3n) is 2.72. The van der Waals surface area contributed by atoms with Crippen molar-refractivity contribution in [3.05, 3.63) is 38.9 Å². The van der Waals surface area contributed by atoms with Crippen LogP contribution in [0, 0.1) is 16.0 Å². The van der Waals surface area contributed by atoms with Crippen LogP contribution in [0.15, 0.2) is 18.2 Å². The van der Waals surface area contributed by atoms with Crippen molar-refractivity contribution >= 4 is 23.2 Å². The summed E-state index contributed by atoms with van der Waals surface area (Å²) in [5, 5.41) is 13.4. The Balaban J connectivity index is 2.78. The summed E-state index contributed by atoms with van der Waals surface area (Å²) in [6.45, 7) is 4.62. The van der Waals surface area contributed by atoms with Crippen LogP contribution in [-0.2, 0) is 0 Å². The largest absolute Gasteiger partial charge is 0.352 e. The van der Waals surface area contributed by atoms with Crippen molar-refractivity contribution in [2.75, 3.05) is 6.54 Å². The first-order chi connectivity index (χ1) is 8.45. The normalized spacial score (nSPS) is 11.9. The van der Waals surface area contributed by atoms with Gasteiger partial charge in [0.05, 0.1) is 15.5 Å². The highest BCUT2D eigenvalue weighted by Crippen LogP contribution is 2.22. The molecule has 0 fully saturated rings. The van der Waals surface area contributed by atoms with Gasteiger partial charge in [0.25, 0.3) is 11.6 Å². The Bertz CT molecular complexity index is 463. The van der Waals surface area contributed by atoms with Crippen LogP contribution in [0.3, 0.4) is 0 Å². The molecule has 1 N–H and O–H groups in total. The lowest BCUT2D eigenvalue weighted by molar-refractivity contribution is -0.384. The number of hydrogen-bond donors (Lipinski definition) is 1. The maximum absolute atomic E-state index is 11.8. The van der Waals surface area contributed by atoms with Crippen molar-refractivity contribution in [3.63, 3.8) is 0 Å². The number of nitrogens with zero attached hydrogens (tertiary/aromatic N) is 1. The van der Waals surface area contributed by atoms with Crippen LogP contribution < -0.4 is 5.32 Å². The van der Waals surface area contributed by atoms with Crippen molar-refractivity contribution in [1.82, 2.24) is 5.32 Å². The zero-order valence-corrected chi connectivity index (χ0v) is 11.0. The van der Waals surface area contributed by atoms with Crippen LogP contribution in [0.4, 0.5) is 5.69 Å². The van der Waals surface area contributed by atoms with Crippen LogP contribution in [0.2, 0.25) is 5.02 Å². The number of halogens is 1. The van der Waals surface area contributed by atoms with Crippen LogP contribution in [0.25, 0.3) is 0 Å². The van der Waals surface area contributed by atoms with Crippen molar-refractivity contribution < 1.29 is 9.72 Å². The smallest absolute Gasteiger partial charge is 0.270 e. The first-order valence-electron chi connectivity index (χ1n) is 5.67. The topological polar surface area (TPSA) is 72.2 Å². The molecule has 1 atom stereocenters. The van der Waals surface area contributed by atoms with Crippen LogP contribution in [0.1, 0.15) is 30.6 Å². The summed E-state index contributed by atoms with van der Waals surface area (Å²) in [6.07, 6.45) is 0.967. The van der Waals surface area contributed by atoms with Gasteiger partial charge >= 0.3 is 0 Å². The Hall–Kier alpha value is -1.62. The molecule has 0 saturated carbocycles. The van der Waals surface area contributed by atoms with Gasteiger partial charge in [-0.3, -0.25) is 14.9 Å². The van der Waals surface area contributed by atoms with Crippen LogP contribution in [-0.4, -0.2) is 17.4 Å². The highest BCUT2D eigenvalue weighted by molar-refractivity contribution is 6.34. The van der Waals surface area contributed by atoms with Gasteiger partial charge in [0.1, 0.15) is 0 Å². The molecule has 1 aromatic carbocycles. The number of nitro groups is 1. The Kier molecular flexibility index (Phi) is 5.09. The van der Waals surface area contributed by atoms with E-state index in [0.29, 0.717) is 12.5 Å². The third-order valence-corrected chi connectivity index (χ3v) is 3.03. The number of carbonyl (C=O) groups is 1. The van der Waals surface area contributed by atoms with E-state index in [1.807, 2.05) is 13.8 Å². The van der Waals surface area contributed by atoms with E-state index in [-0.39, 0.29) is 22.2 Å². The molecule has 6 heteroatoms. The van der Waals surface area contributed by atoms with Gasteiger partial charge in [0.15, 0.2) is 0 Å².